The predicted molar refractivity (Wildman–Crippen MR) is 102 cm³/mol. The highest BCUT2D eigenvalue weighted by atomic mass is 79.9. The molecule has 3 aromatic rings. The van der Waals surface area contributed by atoms with Crippen LogP contribution in [-0.2, 0) is 10.9 Å². The molecule has 1 N–H and O–H groups in total. The molecule has 0 radical (unpaired) electrons. The third-order valence-corrected chi connectivity index (χ3v) is 5.35. The molecule has 0 unspecified atom stereocenters. The molecule has 0 bridgehead atoms. The van der Waals surface area contributed by atoms with E-state index in [-0.39, 0.29) is 34.2 Å². The molecule has 1 aliphatic heterocycles. The minimum atomic E-state index is -4.68. The molecule has 1 atom stereocenters. The van der Waals surface area contributed by atoms with Crippen LogP contribution in [0.4, 0.5) is 13.2 Å². The number of nitrogens with zero attached hydrogens (tertiary/aromatic N) is 3. The van der Waals surface area contributed by atoms with Gasteiger partial charge in [0.05, 0.1) is 16.3 Å². The van der Waals surface area contributed by atoms with E-state index in [9.17, 15) is 18.0 Å². The summed E-state index contributed by atoms with van der Waals surface area (Å²) in [7, 11) is 0. The highest BCUT2D eigenvalue weighted by molar-refractivity contribution is 9.10. The summed E-state index contributed by atoms with van der Waals surface area (Å²) in [6.07, 6.45) is -3.03. The number of aromatic nitrogens is 3. The van der Waals surface area contributed by atoms with Crippen molar-refractivity contribution in [3.63, 3.8) is 0 Å². The third-order valence-electron chi connectivity index (χ3n) is 4.62. The molecule has 0 saturated carbocycles. The summed E-state index contributed by atoms with van der Waals surface area (Å²) in [5.41, 5.74) is -0.595. The number of carbonyl (C=O) groups is 1. The van der Waals surface area contributed by atoms with Gasteiger partial charge in [0.2, 0.25) is 0 Å². The van der Waals surface area contributed by atoms with Crippen molar-refractivity contribution < 1.29 is 22.7 Å². The molecule has 152 valence electrons. The van der Waals surface area contributed by atoms with Crippen molar-refractivity contribution in [2.45, 2.75) is 25.1 Å². The SMILES string of the molecule is O=C(NC[C@H]1CCCO1)c1nn2c(C(F)(F)F)cc(-c3ccccc3)nc2c1Br. The van der Waals surface area contributed by atoms with E-state index in [0.717, 1.165) is 18.9 Å². The zero-order valence-corrected chi connectivity index (χ0v) is 16.6. The number of halogens is 4. The number of alkyl halides is 3. The van der Waals surface area contributed by atoms with Crippen molar-refractivity contribution in [1.29, 1.82) is 0 Å². The van der Waals surface area contributed by atoms with Gasteiger partial charge in [0.15, 0.2) is 17.0 Å². The van der Waals surface area contributed by atoms with Gasteiger partial charge in [-0.25, -0.2) is 9.50 Å². The molecule has 1 fully saturated rings. The van der Waals surface area contributed by atoms with Crippen molar-refractivity contribution in [3.05, 3.63) is 52.3 Å². The number of nitrogens with one attached hydrogen (secondary N) is 1. The van der Waals surface area contributed by atoms with Gasteiger partial charge in [0, 0.05) is 18.7 Å². The van der Waals surface area contributed by atoms with Crippen LogP contribution >= 0.6 is 15.9 Å². The minimum absolute atomic E-state index is 0.0825. The van der Waals surface area contributed by atoms with Crippen molar-refractivity contribution >= 4 is 27.5 Å². The number of rotatable bonds is 4. The Bertz CT molecular complexity index is 1050. The molecule has 0 aliphatic carbocycles. The van der Waals surface area contributed by atoms with E-state index < -0.39 is 17.8 Å². The van der Waals surface area contributed by atoms with Crippen LogP contribution in [0.15, 0.2) is 40.9 Å². The molecule has 29 heavy (non-hydrogen) atoms. The lowest BCUT2D eigenvalue weighted by Crippen LogP contribution is -2.32. The molecule has 1 saturated heterocycles. The quantitative estimate of drug-likeness (QED) is 0.626. The first-order valence-corrected chi connectivity index (χ1v) is 9.75. The molecule has 0 spiro atoms. The van der Waals surface area contributed by atoms with Gasteiger partial charge in [0.1, 0.15) is 0 Å². The Hall–Kier alpha value is -2.46. The number of hydrogen-bond donors (Lipinski definition) is 1. The average molecular weight is 469 g/mol. The number of ether oxygens (including phenoxy) is 1. The van der Waals surface area contributed by atoms with Crippen LogP contribution in [0.2, 0.25) is 0 Å². The Morgan fingerprint density at radius 2 is 2.07 bits per heavy atom. The lowest BCUT2D eigenvalue weighted by molar-refractivity contribution is -0.142. The standard InChI is InChI=1S/C19H16BrF3N4O2/c20-15-16(18(28)24-10-12-7-4-8-29-12)26-27-14(19(21,22)23)9-13(25-17(15)27)11-5-2-1-3-6-11/h1-3,5-6,9,12H,4,7-8,10H2,(H,24,28)/t12-/m1/s1. The topological polar surface area (TPSA) is 68.5 Å². The van der Waals surface area contributed by atoms with Crippen LogP contribution in [0.3, 0.4) is 0 Å². The highest BCUT2D eigenvalue weighted by Gasteiger charge is 2.36. The smallest absolute Gasteiger partial charge is 0.376 e. The Morgan fingerprint density at radius 3 is 2.72 bits per heavy atom. The molecular formula is C19H16BrF3N4O2. The zero-order valence-electron chi connectivity index (χ0n) is 15.0. The number of amides is 1. The first-order valence-electron chi connectivity index (χ1n) is 8.96. The van der Waals surface area contributed by atoms with Crippen molar-refractivity contribution in [2.24, 2.45) is 0 Å². The van der Waals surface area contributed by atoms with Crippen molar-refractivity contribution in [2.75, 3.05) is 13.2 Å². The molecule has 4 rings (SSSR count). The van der Waals surface area contributed by atoms with Gasteiger partial charge < -0.3 is 10.1 Å². The van der Waals surface area contributed by atoms with Crippen molar-refractivity contribution in [1.82, 2.24) is 19.9 Å². The molecule has 2 aromatic heterocycles. The Kier molecular flexibility index (Phi) is 5.30. The average Bonchev–Trinajstić information content (AvgIpc) is 3.33. The molecule has 6 nitrogen and oxygen atoms in total. The fraction of sp³-hybridized carbons (Fsp3) is 0.316. The largest absolute Gasteiger partial charge is 0.433 e. The second-order valence-corrected chi connectivity index (χ2v) is 7.43. The molecular weight excluding hydrogens is 453 g/mol. The molecule has 1 aromatic carbocycles. The van der Waals surface area contributed by atoms with Crippen LogP contribution in [0.1, 0.15) is 29.0 Å². The maximum Gasteiger partial charge on any atom is 0.433 e. The fourth-order valence-corrected chi connectivity index (χ4v) is 3.71. The third kappa shape index (κ3) is 3.99. The van der Waals surface area contributed by atoms with E-state index in [2.05, 4.69) is 31.3 Å². The van der Waals surface area contributed by atoms with E-state index in [4.69, 9.17) is 4.74 Å². The Morgan fingerprint density at radius 1 is 1.31 bits per heavy atom. The van der Waals surface area contributed by atoms with E-state index >= 15 is 0 Å². The Labute approximate surface area is 172 Å². The van der Waals surface area contributed by atoms with Gasteiger partial charge in [-0.3, -0.25) is 4.79 Å². The molecule has 1 aliphatic rings. The Balaban J connectivity index is 1.76. The molecule has 3 heterocycles. The number of hydrogen-bond acceptors (Lipinski definition) is 4. The van der Waals surface area contributed by atoms with E-state index in [0.29, 0.717) is 16.7 Å². The van der Waals surface area contributed by atoms with Crippen LogP contribution in [-0.4, -0.2) is 39.8 Å². The maximum atomic E-state index is 13.7. The summed E-state index contributed by atoms with van der Waals surface area (Å²) in [5.74, 6) is -0.590. The van der Waals surface area contributed by atoms with E-state index in [1.54, 1.807) is 30.3 Å². The van der Waals surface area contributed by atoms with Gasteiger partial charge in [-0.05, 0) is 34.8 Å². The predicted octanol–water partition coefficient (Wildman–Crippen LogP) is 4.09. The zero-order chi connectivity index (χ0) is 20.6. The van der Waals surface area contributed by atoms with E-state index in [1.165, 1.54) is 0 Å². The minimum Gasteiger partial charge on any atom is -0.376 e. The molecule has 1 amide bonds. The normalized spacial score (nSPS) is 17.0. The van der Waals surface area contributed by atoms with Gasteiger partial charge in [-0.1, -0.05) is 30.3 Å². The first kappa shape index (κ1) is 19.8. The number of carbonyl (C=O) groups excluding carboxylic acids is 1. The van der Waals surface area contributed by atoms with E-state index in [1.807, 2.05) is 0 Å². The lowest BCUT2D eigenvalue weighted by Gasteiger charge is -2.11. The van der Waals surface area contributed by atoms with Crippen LogP contribution in [0, 0.1) is 0 Å². The number of fused-ring (bicyclic) bond motifs is 1. The van der Waals surface area contributed by atoms with Gasteiger partial charge in [-0.2, -0.15) is 18.3 Å². The summed E-state index contributed by atoms with van der Waals surface area (Å²) >= 11 is 3.21. The summed E-state index contributed by atoms with van der Waals surface area (Å²) < 4.78 is 47.3. The second kappa shape index (κ2) is 7.75. The highest BCUT2D eigenvalue weighted by Crippen LogP contribution is 2.34. The second-order valence-electron chi connectivity index (χ2n) is 6.63. The van der Waals surface area contributed by atoms with Crippen molar-refractivity contribution in [3.8, 4) is 11.3 Å². The summed E-state index contributed by atoms with van der Waals surface area (Å²) in [6, 6.07) is 9.44. The van der Waals surface area contributed by atoms with Gasteiger partial charge >= 0.3 is 6.18 Å². The maximum absolute atomic E-state index is 13.7. The van der Waals surface area contributed by atoms with Crippen LogP contribution in [0.25, 0.3) is 16.9 Å². The number of benzene rings is 1. The fourth-order valence-electron chi connectivity index (χ4n) is 3.19. The lowest BCUT2D eigenvalue weighted by atomic mass is 10.1. The molecule has 10 heteroatoms. The van der Waals surface area contributed by atoms with Gasteiger partial charge in [-0.15, -0.1) is 0 Å². The summed E-state index contributed by atoms with van der Waals surface area (Å²) in [5, 5.41) is 6.56. The summed E-state index contributed by atoms with van der Waals surface area (Å²) in [4.78, 5) is 16.8. The van der Waals surface area contributed by atoms with Crippen LogP contribution in [0.5, 0.6) is 0 Å². The van der Waals surface area contributed by atoms with Crippen LogP contribution < -0.4 is 5.32 Å². The van der Waals surface area contributed by atoms with Gasteiger partial charge in [0.25, 0.3) is 5.91 Å². The monoisotopic (exact) mass is 468 g/mol. The first-order chi connectivity index (χ1) is 13.8. The summed E-state index contributed by atoms with van der Waals surface area (Å²) in [6.45, 7) is 0.910.